The molecule has 0 spiro atoms. The maximum Gasteiger partial charge on any atom is 0.306 e. The molecule has 0 unspecified atom stereocenters. The molecule has 1 aliphatic carbocycles. The summed E-state index contributed by atoms with van der Waals surface area (Å²) in [6.07, 6.45) is 1.64. The van der Waals surface area contributed by atoms with Crippen molar-refractivity contribution < 1.29 is 14.7 Å². The van der Waals surface area contributed by atoms with Gasteiger partial charge in [-0.15, -0.1) is 0 Å². The Labute approximate surface area is 117 Å². The number of rotatable bonds is 4. The molecular weight excluding hydrogens is 258 g/mol. The van der Waals surface area contributed by atoms with Crippen LogP contribution in [0.4, 0.5) is 0 Å². The van der Waals surface area contributed by atoms with E-state index in [9.17, 15) is 9.59 Å². The van der Waals surface area contributed by atoms with E-state index < -0.39 is 5.97 Å². The third-order valence-corrected chi connectivity index (χ3v) is 3.60. The molecule has 0 bridgehead atoms. The summed E-state index contributed by atoms with van der Waals surface area (Å²) in [5.41, 5.74) is 1.74. The van der Waals surface area contributed by atoms with Crippen LogP contribution in [0.3, 0.4) is 0 Å². The smallest absolute Gasteiger partial charge is 0.306 e. The van der Waals surface area contributed by atoms with Crippen LogP contribution in [0.2, 0.25) is 0 Å². The Hall–Kier alpha value is -1.98. The van der Waals surface area contributed by atoms with Gasteiger partial charge >= 0.3 is 5.97 Å². The van der Waals surface area contributed by atoms with E-state index in [1.165, 1.54) is 0 Å². The minimum absolute atomic E-state index is 0.100. The predicted molar refractivity (Wildman–Crippen MR) is 71.8 cm³/mol. The van der Waals surface area contributed by atoms with Gasteiger partial charge in [-0.1, -0.05) is 0 Å². The Balaban J connectivity index is 1.88. The van der Waals surface area contributed by atoms with Crippen molar-refractivity contribution in [2.75, 3.05) is 0 Å². The van der Waals surface area contributed by atoms with Crippen LogP contribution in [0.1, 0.15) is 36.5 Å². The van der Waals surface area contributed by atoms with E-state index in [0.29, 0.717) is 25.1 Å². The average Bonchev–Trinajstić information content (AvgIpc) is 2.84. The van der Waals surface area contributed by atoms with E-state index in [4.69, 9.17) is 5.11 Å². The van der Waals surface area contributed by atoms with E-state index in [-0.39, 0.29) is 24.3 Å². The molecular formula is C14H19N3O3. The van der Waals surface area contributed by atoms with Crippen molar-refractivity contribution in [3.05, 3.63) is 23.3 Å². The fraction of sp³-hybridized carbons (Fsp3) is 0.571. The highest BCUT2D eigenvalue weighted by Gasteiger charge is 2.33. The summed E-state index contributed by atoms with van der Waals surface area (Å²) >= 11 is 0. The van der Waals surface area contributed by atoms with Crippen LogP contribution in [-0.2, 0) is 16.1 Å². The molecule has 1 aliphatic rings. The second-order valence-corrected chi connectivity index (χ2v) is 5.33. The monoisotopic (exact) mass is 277 g/mol. The Morgan fingerprint density at radius 2 is 1.85 bits per heavy atom. The number of nitrogens with one attached hydrogen (secondary N) is 1. The quantitative estimate of drug-likeness (QED) is 0.863. The number of hydrogen-bond donors (Lipinski definition) is 2. The molecule has 1 amide bonds. The molecule has 0 aromatic carbocycles. The first-order valence-corrected chi connectivity index (χ1v) is 6.77. The molecule has 6 nitrogen and oxygen atoms in total. The van der Waals surface area contributed by atoms with Gasteiger partial charge in [0.25, 0.3) is 0 Å². The molecule has 0 aliphatic heterocycles. The number of aliphatic carboxylic acids is 1. The number of nitrogens with zero attached hydrogens (tertiary/aromatic N) is 2. The minimum atomic E-state index is -0.807. The first kappa shape index (κ1) is 14.4. The molecule has 20 heavy (non-hydrogen) atoms. The zero-order valence-corrected chi connectivity index (χ0v) is 11.7. The van der Waals surface area contributed by atoms with Gasteiger partial charge in [0.1, 0.15) is 5.82 Å². The Bertz CT molecular complexity index is 510. The van der Waals surface area contributed by atoms with Gasteiger partial charge in [-0.2, -0.15) is 0 Å². The third-order valence-electron chi connectivity index (χ3n) is 3.60. The fourth-order valence-electron chi connectivity index (χ4n) is 2.63. The van der Waals surface area contributed by atoms with Crippen LogP contribution >= 0.6 is 0 Å². The topological polar surface area (TPSA) is 92.2 Å². The van der Waals surface area contributed by atoms with E-state index in [1.54, 1.807) is 0 Å². The van der Waals surface area contributed by atoms with E-state index in [1.807, 2.05) is 19.9 Å². The lowest BCUT2D eigenvalue weighted by Gasteiger charge is -2.10. The molecule has 2 rings (SSSR count). The van der Waals surface area contributed by atoms with Crippen LogP contribution in [0.5, 0.6) is 0 Å². The SMILES string of the molecule is Cc1cc(C)nc(CNC(=O)[C@H]2CC[C@@H](C(=O)O)C2)n1. The Kier molecular flexibility index (Phi) is 4.32. The summed E-state index contributed by atoms with van der Waals surface area (Å²) < 4.78 is 0. The molecule has 1 heterocycles. The largest absolute Gasteiger partial charge is 0.481 e. The molecule has 108 valence electrons. The number of carboxylic acids is 1. The lowest BCUT2D eigenvalue weighted by Crippen LogP contribution is -2.30. The normalized spacial score (nSPS) is 21.7. The average molecular weight is 277 g/mol. The van der Waals surface area contributed by atoms with Gasteiger partial charge < -0.3 is 10.4 Å². The molecule has 0 radical (unpaired) electrons. The first-order valence-electron chi connectivity index (χ1n) is 6.77. The molecule has 1 aromatic heterocycles. The highest BCUT2D eigenvalue weighted by Crippen LogP contribution is 2.31. The number of carboxylic acid groups (broad SMARTS) is 1. The van der Waals surface area contributed by atoms with Crippen LogP contribution in [0.15, 0.2) is 6.07 Å². The summed E-state index contributed by atoms with van der Waals surface area (Å²) in [7, 11) is 0. The number of carbonyl (C=O) groups excluding carboxylic acids is 1. The summed E-state index contributed by atoms with van der Waals surface area (Å²) in [4.78, 5) is 31.4. The van der Waals surface area contributed by atoms with Gasteiger partial charge in [0, 0.05) is 17.3 Å². The van der Waals surface area contributed by atoms with E-state index >= 15 is 0 Å². The summed E-state index contributed by atoms with van der Waals surface area (Å²) in [5.74, 6) is -0.914. The van der Waals surface area contributed by atoms with Gasteiger partial charge in [-0.05, 0) is 39.2 Å². The van der Waals surface area contributed by atoms with Crippen molar-refractivity contribution in [3.8, 4) is 0 Å². The third kappa shape index (κ3) is 3.53. The second kappa shape index (κ2) is 5.98. The summed E-state index contributed by atoms with van der Waals surface area (Å²) in [6, 6.07) is 1.87. The lowest BCUT2D eigenvalue weighted by molar-refractivity contribution is -0.141. The summed E-state index contributed by atoms with van der Waals surface area (Å²) in [5, 5.41) is 11.7. The number of hydrogen-bond acceptors (Lipinski definition) is 4. The van der Waals surface area contributed by atoms with Crippen LogP contribution in [0, 0.1) is 25.7 Å². The van der Waals surface area contributed by atoms with Crippen LogP contribution < -0.4 is 5.32 Å². The van der Waals surface area contributed by atoms with Crippen molar-refractivity contribution in [2.24, 2.45) is 11.8 Å². The standard InChI is InChI=1S/C14H19N3O3/c1-8-5-9(2)17-12(16-8)7-15-13(18)10-3-4-11(6-10)14(19)20/h5,10-11H,3-4,6-7H2,1-2H3,(H,15,18)(H,19,20)/t10-,11+/m0/s1. The highest BCUT2D eigenvalue weighted by atomic mass is 16.4. The van der Waals surface area contributed by atoms with Crippen molar-refractivity contribution in [2.45, 2.75) is 39.7 Å². The van der Waals surface area contributed by atoms with Gasteiger partial charge in [-0.3, -0.25) is 9.59 Å². The van der Waals surface area contributed by atoms with Crippen molar-refractivity contribution in [1.29, 1.82) is 0 Å². The fourth-order valence-corrected chi connectivity index (χ4v) is 2.63. The molecule has 6 heteroatoms. The Morgan fingerprint density at radius 1 is 1.25 bits per heavy atom. The second-order valence-electron chi connectivity index (χ2n) is 5.33. The highest BCUT2D eigenvalue weighted by molar-refractivity contribution is 5.80. The van der Waals surface area contributed by atoms with Crippen LogP contribution in [-0.4, -0.2) is 27.0 Å². The summed E-state index contributed by atoms with van der Waals surface area (Å²) in [6.45, 7) is 4.05. The van der Waals surface area contributed by atoms with E-state index in [2.05, 4.69) is 15.3 Å². The zero-order chi connectivity index (χ0) is 14.7. The molecule has 2 atom stereocenters. The van der Waals surface area contributed by atoms with Gasteiger partial charge in [-0.25, -0.2) is 9.97 Å². The maximum atomic E-state index is 12.0. The number of carbonyl (C=O) groups is 2. The molecule has 1 fully saturated rings. The first-order chi connectivity index (χ1) is 9.45. The lowest BCUT2D eigenvalue weighted by atomic mass is 10.0. The van der Waals surface area contributed by atoms with Gasteiger partial charge in [0.15, 0.2) is 0 Å². The van der Waals surface area contributed by atoms with Gasteiger partial charge in [0.05, 0.1) is 12.5 Å². The molecule has 1 aromatic rings. The van der Waals surface area contributed by atoms with Crippen LogP contribution in [0.25, 0.3) is 0 Å². The van der Waals surface area contributed by atoms with Crippen molar-refractivity contribution in [1.82, 2.24) is 15.3 Å². The minimum Gasteiger partial charge on any atom is -0.481 e. The Morgan fingerprint density at radius 3 is 2.40 bits per heavy atom. The zero-order valence-electron chi connectivity index (χ0n) is 11.7. The molecule has 0 saturated heterocycles. The number of aryl methyl sites for hydroxylation is 2. The number of amides is 1. The molecule has 1 saturated carbocycles. The predicted octanol–water partition coefficient (Wildman–Crippen LogP) is 1.21. The number of aromatic nitrogens is 2. The van der Waals surface area contributed by atoms with Crippen molar-refractivity contribution >= 4 is 11.9 Å². The maximum absolute atomic E-state index is 12.0. The van der Waals surface area contributed by atoms with E-state index in [0.717, 1.165) is 11.4 Å². The molecule has 2 N–H and O–H groups in total. The van der Waals surface area contributed by atoms with Gasteiger partial charge in [0.2, 0.25) is 5.91 Å². The van der Waals surface area contributed by atoms with Crippen molar-refractivity contribution in [3.63, 3.8) is 0 Å².